The minimum absolute atomic E-state index is 0.609. The van der Waals surface area contributed by atoms with E-state index >= 15 is 0 Å². The summed E-state index contributed by atoms with van der Waals surface area (Å²) >= 11 is 0. The molecular formula is C17H25O3. The minimum atomic E-state index is -0.609. The molecule has 20 heavy (non-hydrogen) atoms. The Balaban J connectivity index is 2.23. The molecule has 0 fully saturated rings. The molecule has 0 aliphatic carbocycles. The average Bonchev–Trinajstić information content (AvgIpc) is 2.49. The first kappa shape index (κ1) is 16.7. The molecule has 0 aliphatic heterocycles. The van der Waals surface area contributed by atoms with Crippen LogP contribution in [0.15, 0.2) is 24.3 Å². The Labute approximate surface area is 122 Å². The summed E-state index contributed by atoms with van der Waals surface area (Å²) in [4.78, 5) is 10.7. The average molecular weight is 277 g/mol. The number of methoxy groups -OCH3 is 1. The van der Waals surface area contributed by atoms with Crippen molar-refractivity contribution in [3.05, 3.63) is 29.8 Å². The molecule has 0 saturated heterocycles. The van der Waals surface area contributed by atoms with E-state index in [4.69, 9.17) is 9.47 Å². The highest BCUT2D eigenvalue weighted by atomic mass is 16.5. The van der Waals surface area contributed by atoms with Crippen LogP contribution < -0.4 is 4.74 Å². The second kappa shape index (κ2) is 10.4. The lowest BCUT2D eigenvalue weighted by Crippen LogP contribution is -2.02. The zero-order valence-corrected chi connectivity index (χ0v) is 12.6. The quantitative estimate of drug-likeness (QED) is 0.568. The molecule has 3 nitrogen and oxygen atoms in total. The number of ether oxygens (including phenoxy) is 2. The van der Waals surface area contributed by atoms with Gasteiger partial charge in [0.2, 0.25) is 6.29 Å². The minimum Gasteiger partial charge on any atom is -0.494 e. The molecule has 1 aromatic carbocycles. The largest absolute Gasteiger partial charge is 0.494 e. The van der Waals surface area contributed by atoms with Crippen molar-refractivity contribution >= 4 is 6.29 Å². The van der Waals surface area contributed by atoms with E-state index in [2.05, 4.69) is 6.92 Å². The van der Waals surface area contributed by atoms with Crippen LogP contribution >= 0.6 is 0 Å². The molecule has 111 valence electrons. The Kier molecular flexibility index (Phi) is 8.72. The molecule has 0 heterocycles. The van der Waals surface area contributed by atoms with Crippen molar-refractivity contribution in [3.8, 4) is 5.75 Å². The van der Waals surface area contributed by atoms with E-state index in [-0.39, 0.29) is 0 Å². The van der Waals surface area contributed by atoms with Crippen molar-refractivity contribution in [2.45, 2.75) is 51.6 Å². The van der Waals surface area contributed by atoms with Crippen LogP contribution in [0.4, 0.5) is 0 Å². The maximum Gasteiger partial charge on any atom is 0.234 e. The normalized spacial score (nSPS) is 12.1. The Hall–Kier alpha value is -1.35. The Morgan fingerprint density at radius 1 is 1.05 bits per heavy atom. The van der Waals surface area contributed by atoms with Crippen molar-refractivity contribution in [2.75, 3.05) is 13.7 Å². The van der Waals surface area contributed by atoms with E-state index < -0.39 is 6.10 Å². The molecule has 1 atom stereocenters. The number of unbranched alkanes of at least 4 members (excludes halogenated alkanes) is 5. The van der Waals surface area contributed by atoms with Gasteiger partial charge in [-0.2, -0.15) is 0 Å². The van der Waals surface area contributed by atoms with Gasteiger partial charge in [-0.25, -0.2) is 0 Å². The first-order chi connectivity index (χ1) is 9.81. The second-order valence-electron chi connectivity index (χ2n) is 4.92. The van der Waals surface area contributed by atoms with Gasteiger partial charge in [-0.3, -0.25) is 4.79 Å². The van der Waals surface area contributed by atoms with Crippen LogP contribution in [-0.4, -0.2) is 20.0 Å². The summed E-state index contributed by atoms with van der Waals surface area (Å²) in [5.74, 6) is 0.836. The number of hydrogen-bond acceptors (Lipinski definition) is 3. The maximum atomic E-state index is 10.7. The standard InChI is InChI=1S/C17H25O3/c1-3-4-5-6-7-8-13-20-16-11-9-15(10-12-16)17(14-18)19-2/h9-12,17H,3-8,13H2,1-2H3. The molecule has 0 saturated carbocycles. The zero-order valence-electron chi connectivity index (χ0n) is 12.6. The monoisotopic (exact) mass is 277 g/mol. The van der Waals surface area contributed by atoms with Crippen molar-refractivity contribution in [3.63, 3.8) is 0 Å². The van der Waals surface area contributed by atoms with E-state index in [9.17, 15) is 4.79 Å². The van der Waals surface area contributed by atoms with E-state index in [1.54, 1.807) is 0 Å². The molecule has 1 radical (unpaired) electrons. The molecule has 0 amide bonds. The van der Waals surface area contributed by atoms with E-state index in [0.717, 1.165) is 24.3 Å². The summed E-state index contributed by atoms with van der Waals surface area (Å²) in [6.45, 7) is 2.97. The number of rotatable bonds is 11. The van der Waals surface area contributed by atoms with E-state index in [1.807, 2.05) is 30.6 Å². The summed E-state index contributed by atoms with van der Waals surface area (Å²) in [5, 5.41) is 0. The van der Waals surface area contributed by atoms with Crippen molar-refractivity contribution < 1.29 is 14.3 Å². The lowest BCUT2D eigenvalue weighted by Gasteiger charge is -2.10. The SMILES string of the molecule is CCCCCCCCOc1ccc(C([C]=O)OC)cc1. The van der Waals surface area contributed by atoms with Crippen LogP contribution in [0.2, 0.25) is 0 Å². The van der Waals surface area contributed by atoms with Crippen LogP contribution in [0.3, 0.4) is 0 Å². The first-order valence-electron chi connectivity index (χ1n) is 7.45. The van der Waals surface area contributed by atoms with Gasteiger partial charge in [-0.05, 0) is 24.1 Å². The molecule has 1 unspecified atom stereocenters. The van der Waals surface area contributed by atoms with Gasteiger partial charge in [0.1, 0.15) is 11.9 Å². The van der Waals surface area contributed by atoms with Gasteiger partial charge in [0.15, 0.2) is 0 Å². The van der Waals surface area contributed by atoms with Gasteiger partial charge in [0, 0.05) is 7.11 Å². The lowest BCUT2D eigenvalue weighted by molar-refractivity contribution is 0.154. The summed E-state index contributed by atoms with van der Waals surface area (Å²) in [7, 11) is 1.50. The van der Waals surface area contributed by atoms with Crippen molar-refractivity contribution in [2.24, 2.45) is 0 Å². The third-order valence-electron chi connectivity index (χ3n) is 3.29. The molecule has 0 spiro atoms. The number of carbonyl (C=O) groups excluding carboxylic acids is 1. The second-order valence-corrected chi connectivity index (χ2v) is 4.92. The van der Waals surface area contributed by atoms with Gasteiger partial charge in [-0.1, -0.05) is 51.2 Å². The number of benzene rings is 1. The fraction of sp³-hybridized carbons (Fsp3) is 0.588. The molecule has 1 rings (SSSR count). The lowest BCUT2D eigenvalue weighted by atomic mass is 10.1. The number of hydrogen-bond donors (Lipinski definition) is 0. The summed E-state index contributed by atoms with van der Waals surface area (Å²) in [5.41, 5.74) is 0.800. The van der Waals surface area contributed by atoms with Gasteiger partial charge in [0.05, 0.1) is 6.61 Å². The predicted octanol–water partition coefficient (Wildman–Crippen LogP) is 4.22. The van der Waals surface area contributed by atoms with Gasteiger partial charge < -0.3 is 9.47 Å². The van der Waals surface area contributed by atoms with Crippen LogP contribution in [-0.2, 0) is 9.53 Å². The Bertz CT molecular complexity index is 359. The summed E-state index contributed by atoms with van der Waals surface area (Å²) < 4.78 is 10.7. The van der Waals surface area contributed by atoms with Crippen molar-refractivity contribution in [1.29, 1.82) is 0 Å². The topological polar surface area (TPSA) is 35.5 Å². The van der Waals surface area contributed by atoms with Crippen LogP contribution in [0.25, 0.3) is 0 Å². The van der Waals surface area contributed by atoms with Crippen molar-refractivity contribution in [1.82, 2.24) is 0 Å². The van der Waals surface area contributed by atoms with Gasteiger partial charge in [0.25, 0.3) is 0 Å². The van der Waals surface area contributed by atoms with Crippen LogP contribution in [0.1, 0.15) is 57.1 Å². The van der Waals surface area contributed by atoms with Crippen LogP contribution in [0, 0.1) is 0 Å². The summed E-state index contributed by atoms with van der Waals surface area (Å²) in [6, 6.07) is 7.43. The first-order valence-corrected chi connectivity index (χ1v) is 7.45. The molecule has 0 aromatic heterocycles. The molecular weight excluding hydrogens is 252 g/mol. The molecule has 0 aliphatic rings. The third kappa shape index (κ3) is 6.20. The highest BCUT2D eigenvalue weighted by Crippen LogP contribution is 2.19. The predicted molar refractivity (Wildman–Crippen MR) is 80.8 cm³/mol. The van der Waals surface area contributed by atoms with Gasteiger partial charge >= 0.3 is 0 Å². The fourth-order valence-corrected chi connectivity index (χ4v) is 2.06. The highest BCUT2D eigenvalue weighted by molar-refractivity contribution is 5.60. The third-order valence-corrected chi connectivity index (χ3v) is 3.29. The van der Waals surface area contributed by atoms with Gasteiger partial charge in [-0.15, -0.1) is 0 Å². The Morgan fingerprint density at radius 3 is 2.30 bits per heavy atom. The summed E-state index contributed by atoms with van der Waals surface area (Å²) in [6.07, 6.45) is 8.79. The molecule has 0 bridgehead atoms. The zero-order chi connectivity index (χ0) is 14.6. The van der Waals surface area contributed by atoms with Crippen LogP contribution in [0.5, 0.6) is 5.75 Å². The Morgan fingerprint density at radius 2 is 1.70 bits per heavy atom. The molecule has 1 aromatic rings. The maximum absolute atomic E-state index is 10.7. The molecule has 0 N–H and O–H groups in total. The molecule has 3 heteroatoms. The van der Waals surface area contributed by atoms with E-state index in [1.165, 1.54) is 39.2 Å². The smallest absolute Gasteiger partial charge is 0.234 e. The fourth-order valence-electron chi connectivity index (χ4n) is 2.06. The van der Waals surface area contributed by atoms with E-state index in [0.29, 0.717) is 0 Å². The highest BCUT2D eigenvalue weighted by Gasteiger charge is 2.09.